The summed E-state index contributed by atoms with van der Waals surface area (Å²) in [5.41, 5.74) is 1.21. The van der Waals surface area contributed by atoms with Crippen molar-refractivity contribution in [2.24, 2.45) is 0 Å². The molecule has 15 heavy (non-hydrogen) atoms. The molecule has 0 radical (unpaired) electrons. The van der Waals surface area contributed by atoms with Crippen LogP contribution in [0.3, 0.4) is 0 Å². The summed E-state index contributed by atoms with van der Waals surface area (Å²) in [6.45, 7) is 11.6. The third-order valence-corrected chi connectivity index (χ3v) is 3.30. The molecule has 1 heterocycles. The van der Waals surface area contributed by atoms with Gasteiger partial charge in [-0.2, -0.15) is 0 Å². The van der Waals surface area contributed by atoms with Crippen molar-refractivity contribution in [1.82, 2.24) is 15.2 Å². The van der Waals surface area contributed by atoms with Gasteiger partial charge in [-0.05, 0) is 19.6 Å². The van der Waals surface area contributed by atoms with Crippen LogP contribution in [-0.4, -0.2) is 29.5 Å². The van der Waals surface area contributed by atoms with Gasteiger partial charge in [-0.15, -0.1) is 11.3 Å². The highest BCUT2D eigenvalue weighted by Gasteiger charge is 2.05. The fraction of sp³-hybridized carbons (Fsp3) is 0.727. The minimum Gasteiger partial charge on any atom is -0.311 e. The molecule has 0 saturated heterocycles. The molecule has 1 rings (SSSR count). The van der Waals surface area contributed by atoms with Gasteiger partial charge in [0.25, 0.3) is 0 Å². The van der Waals surface area contributed by atoms with Crippen molar-refractivity contribution in [3.05, 3.63) is 16.1 Å². The Morgan fingerprint density at radius 3 is 2.67 bits per heavy atom. The van der Waals surface area contributed by atoms with Gasteiger partial charge in [-0.1, -0.05) is 20.8 Å². The molecule has 1 aromatic rings. The number of hydrogen-bond donors (Lipinski definition) is 1. The SMILES string of the molecule is CCNCc1nc(CN(CC)CC)cs1. The van der Waals surface area contributed by atoms with Crippen molar-refractivity contribution in [1.29, 1.82) is 0 Å². The lowest BCUT2D eigenvalue weighted by Crippen LogP contribution is -2.22. The van der Waals surface area contributed by atoms with E-state index >= 15 is 0 Å². The number of nitrogens with one attached hydrogen (secondary N) is 1. The van der Waals surface area contributed by atoms with Crippen LogP contribution in [-0.2, 0) is 13.1 Å². The van der Waals surface area contributed by atoms with Gasteiger partial charge >= 0.3 is 0 Å². The van der Waals surface area contributed by atoms with Crippen molar-refractivity contribution in [2.45, 2.75) is 33.9 Å². The minimum absolute atomic E-state index is 0.902. The first-order valence-corrected chi connectivity index (χ1v) is 6.54. The highest BCUT2D eigenvalue weighted by atomic mass is 32.1. The zero-order valence-electron chi connectivity index (χ0n) is 9.92. The molecule has 0 fully saturated rings. The molecule has 1 aromatic heterocycles. The molecule has 1 N–H and O–H groups in total. The Hall–Kier alpha value is -0.450. The molecule has 0 amide bonds. The van der Waals surface area contributed by atoms with Crippen LogP contribution < -0.4 is 5.32 Å². The van der Waals surface area contributed by atoms with Gasteiger partial charge < -0.3 is 5.32 Å². The van der Waals surface area contributed by atoms with Gasteiger partial charge in [0.15, 0.2) is 0 Å². The lowest BCUT2D eigenvalue weighted by molar-refractivity contribution is 0.292. The number of aromatic nitrogens is 1. The summed E-state index contributed by atoms with van der Waals surface area (Å²) < 4.78 is 0. The summed E-state index contributed by atoms with van der Waals surface area (Å²) in [4.78, 5) is 6.98. The van der Waals surface area contributed by atoms with Crippen LogP contribution in [0.1, 0.15) is 31.5 Å². The second-order valence-corrected chi connectivity index (χ2v) is 4.42. The quantitative estimate of drug-likeness (QED) is 0.773. The molecule has 0 aliphatic rings. The minimum atomic E-state index is 0.902. The van der Waals surface area contributed by atoms with E-state index in [4.69, 9.17) is 0 Å². The predicted octanol–water partition coefficient (Wildman–Crippen LogP) is 2.09. The average Bonchev–Trinajstić information content (AvgIpc) is 2.70. The van der Waals surface area contributed by atoms with Crippen molar-refractivity contribution in [3.63, 3.8) is 0 Å². The van der Waals surface area contributed by atoms with Crippen LogP contribution in [0.15, 0.2) is 5.38 Å². The standard InChI is InChI=1S/C11H21N3S/c1-4-12-7-11-13-10(9-15-11)8-14(5-2)6-3/h9,12H,4-8H2,1-3H3. The summed E-state index contributed by atoms with van der Waals surface area (Å²) in [5, 5.41) is 6.66. The van der Waals surface area contributed by atoms with E-state index in [1.165, 1.54) is 10.7 Å². The smallest absolute Gasteiger partial charge is 0.107 e. The lowest BCUT2D eigenvalue weighted by atomic mass is 10.4. The molecule has 0 bridgehead atoms. The third-order valence-electron chi connectivity index (χ3n) is 2.41. The maximum atomic E-state index is 4.60. The van der Waals surface area contributed by atoms with Crippen molar-refractivity contribution in [3.8, 4) is 0 Å². The molecule has 0 unspecified atom stereocenters. The maximum absolute atomic E-state index is 4.60. The van der Waals surface area contributed by atoms with E-state index in [1.807, 2.05) is 0 Å². The largest absolute Gasteiger partial charge is 0.311 e. The van der Waals surface area contributed by atoms with Gasteiger partial charge in [-0.3, -0.25) is 4.90 Å². The zero-order chi connectivity index (χ0) is 11.1. The van der Waals surface area contributed by atoms with Crippen LogP contribution in [0.25, 0.3) is 0 Å². The fourth-order valence-corrected chi connectivity index (χ4v) is 2.17. The highest BCUT2D eigenvalue weighted by Crippen LogP contribution is 2.11. The molecule has 3 nitrogen and oxygen atoms in total. The van der Waals surface area contributed by atoms with Crippen molar-refractivity contribution < 1.29 is 0 Å². The molecule has 0 aliphatic heterocycles. The van der Waals surface area contributed by atoms with Crippen molar-refractivity contribution in [2.75, 3.05) is 19.6 Å². The van der Waals surface area contributed by atoms with E-state index in [0.717, 1.165) is 32.7 Å². The van der Waals surface area contributed by atoms with Crippen molar-refractivity contribution >= 4 is 11.3 Å². The Kier molecular flexibility index (Phi) is 5.83. The van der Waals surface area contributed by atoms with E-state index in [-0.39, 0.29) is 0 Å². The van der Waals surface area contributed by atoms with Gasteiger partial charge in [-0.25, -0.2) is 4.98 Å². The van der Waals surface area contributed by atoms with E-state index in [1.54, 1.807) is 11.3 Å². The first-order chi connectivity index (χ1) is 7.30. The summed E-state index contributed by atoms with van der Waals surface area (Å²) in [6.07, 6.45) is 0. The highest BCUT2D eigenvalue weighted by molar-refractivity contribution is 7.09. The van der Waals surface area contributed by atoms with E-state index < -0.39 is 0 Å². The first-order valence-electron chi connectivity index (χ1n) is 5.66. The normalized spacial score (nSPS) is 11.2. The average molecular weight is 227 g/mol. The topological polar surface area (TPSA) is 28.2 Å². The van der Waals surface area contributed by atoms with Crippen LogP contribution in [0.5, 0.6) is 0 Å². The second kappa shape index (κ2) is 6.93. The van der Waals surface area contributed by atoms with E-state index in [9.17, 15) is 0 Å². The van der Waals surface area contributed by atoms with Gasteiger partial charge in [0.05, 0.1) is 5.69 Å². The summed E-state index contributed by atoms with van der Waals surface area (Å²) in [5.74, 6) is 0. The first kappa shape index (κ1) is 12.6. The molecular weight excluding hydrogens is 206 g/mol. The predicted molar refractivity (Wildman–Crippen MR) is 66.1 cm³/mol. The maximum Gasteiger partial charge on any atom is 0.107 e. The van der Waals surface area contributed by atoms with Crippen LogP contribution in [0, 0.1) is 0 Å². The number of nitrogens with zero attached hydrogens (tertiary/aromatic N) is 2. The monoisotopic (exact) mass is 227 g/mol. The van der Waals surface area contributed by atoms with Crippen LogP contribution >= 0.6 is 11.3 Å². The fourth-order valence-electron chi connectivity index (χ4n) is 1.41. The zero-order valence-corrected chi connectivity index (χ0v) is 10.7. The number of hydrogen-bond acceptors (Lipinski definition) is 4. The van der Waals surface area contributed by atoms with E-state index in [2.05, 4.69) is 41.4 Å². The lowest BCUT2D eigenvalue weighted by Gasteiger charge is -2.15. The second-order valence-electron chi connectivity index (χ2n) is 3.47. The molecule has 86 valence electrons. The Bertz CT molecular complexity index is 269. The third kappa shape index (κ3) is 4.28. The Morgan fingerprint density at radius 1 is 1.33 bits per heavy atom. The molecular formula is C11H21N3S. The van der Waals surface area contributed by atoms with Gasteiger partial charge in [0.1, 0.15) is 5.01 Å². The Balaban J connectivity index is 2.44. The van der Waals surface area contributed by atoms with Crippen LogP contribution in [0.4, 0.5) is 0 Å². The molecule has 0 aromatic carbocycles. The Labute approximate surface area is 96.5 Å². The number of rotatable bonds is 7. The molecule has 0 atom stereocenters. The van der Waals surface area contributed by atoms with E-state index in [0.29, 0.717) is 0 Å². The summed E-state index contributed by atoms with van der Waals surface area (Å²) in [7, 11) is 0. The number of thiazole rings is 1. The van der Waals surface area contributed by atoms with Crippen LogP contribution in [0.2, 0.25) is 0 Å². The molecule has 4 heteroatoms. The summed E-state index contributed by atoms with van der Waals surface area (Å²) in [6, 6.07) is 0. The molecule has 0 aliphatic carbocycles. The Morgan fingerprint density at radius 2 is 2.07 bits per heavy atom. The summed E-state index contributed by atoms with van der Waals surface area (Å²) >= 11 is 1.75. The molecule has 0 saturated carbocycles. The van der Waals surface area contributed by atoms with Gasteiger partial charge in [0.2, 0.25) is 0 Å². The molecule has 0 spiro atoms. The van der Waals surface area contributed by atoms with Gasteiger partial charge in [0, 0.05) is 18.5 Å².